The molecule has 0 fully saturated rings. The molecule has 0 bridgehead atoms. The molecule has 5 nitrogen and oxygen atoms in total. The summed E-state index contributed by atoms with van der Waals surface area (Å²) < 4.78 is 10.8. The Balaban J connectivity index is 2.06. The van der Waals surface area contributed by atoms with E-state index in [4.69, 9.17) is 9.47 Å². The van der Waals surface area contributed by atoms with Gasteiger partial charge >= 0.3 is 6.09 Å². The highest BCUT2D eigenvalue weighted by Gasteiger charge is 2.53. The van der Waals surface area contributed by atoms with E-state index in [1.54, 1.807) is 40.0 Å². The summed E-state index contributed by atoms with van der Waals surface area (Å²) >= 11 is 0. The maximum absolute atomic E-state index is 13.6. The Labute approximate surface area is 178 Å². The van der Waals surface area contributed by atoms with Crippen LogP contribution in [0.3, 0.4) is 0 Å². The molecule has 2 aromatic rings. The molecular weight excluding hydrogens is 378 g/mol. The number of fused-ring (bicyclic) bond motifs is 1. The van der Waals surface area contributed by atoms with Gasteiger partial charge in [-0.05, 0) is 51.5 Å². The summed E-state index contributed by atoms with van der Waals surface area (Å²) in [5, 5.41) is 0. The summed E-state index contributed by atoms with van der Waals surface area (Å²) in [6, 6.07) is 14.9. The predicted octanol–water partition coefficient (Wildman–Crippen LogP) is 4.92. The number of hydrogen-bond acceptors (Lipinski definition) is 4. The van der Waals surface area contributed by atoms with Crippen molar-refractivity contribution in [3.05, 3.63) is 59.7 Å². The van der Waals surface area contributed by atoms with Gasteiger partial charge in [0.15, 0.2) is 0 Å². The van der Waals surface area contributed by atoms with Crippen LogP contribution in [0.5, 0.6) is 5.75 Å². The Bertz CT molecular complexity index is 1030. The number of anilines is 1. The molecule has 0 saturated carbocycles. The zero-order valence-electron chi connectivity index (χ0n) is 18.3. The third kappa shape index (κ3) is 3.91. The number of hydrogen-bond donors (Lipinski definition) is 0. The van der Waals surface area contributed by atoms with Crippen molar-refractivity contribution in [3.8, 4) is 17.6 Å². The lowest BCUT2D eigenvalue weighted by atomic mass is 9.73. The normalized spacial score (nSPS) is 18.9. The summed E-state index contributed by atoms with van der Waals surface area (Å²) in [6.07, 6.45) is -0.700. The first kappa shape index (κ1) is 21.4. The topological polar surface area (TPSA) is 55.8 Å². The fraction of sp³-hybridized carbons (Fsp3) is 0.360. The average molecular weight is 405 g/mol. The van der Waals surface area contributed by atoms with Gasteiger partial charge in [-0.1, -0.05) is 43.0 Å². The van der Waals surface area contributed by atoms with Gasteiger partial charge in [0.25, 0.3) is 0 Å². The number of imide groups is 1. The van der Waals surface area contributed by atoms with Crippen LogP contribution in [0.2, 0.25) is 0 Å². The number of rotatable bonds is 2. The molecule has 2 atom stereocenters. The Morgan fingerprint density at radius 1 is 1.13 bits per heavy atom. The van der Waals surface area contributed by atoms with Gasteiger partial charge in [-0.2, -0.15) is 0 Å². The van der Waals surface area contributed by atoms with Gasteiger partial charge in [0.05, 0.1) is 18.2 Å². The van der Waals surface area contributed by atoms with Gasteiger partial charge in [-0.15, -0.1) is 0 Å². The first-order valence-corrected chi connectivity index (χ1v) is 9.90. The highest BCUT2D eigenvalue weighted by atomic mass is 16.6. The smallest absolute Gasteiger partial charge is 0.421 e. The van der Waals surface area contributed by atoms with Crippen LogP contribution in [0, 0.1) is 17.8 Å². The van der Waals surface area contributed by atoms with E-state index < -0.39 is 17.1 Å². The first-order chi connectivity index (χ1) is 14.1. The summed E-state index contributed by atoms with van der Waals surface area (Å²) in [5.41, 5.74) is 0.352. The Morgan fingerprint density at radius 2 is 1.80 bits per heavy atom. The average Bonchev–Trinajstić information content (AvgIpc) is 2.93. The van der Waals surface area contributed by atoms with Crippen LogP contribution < -0.4 is 9.64 Å². The number of ether oxygens (including phenoxy) is 2. The molecule has 1 aliphatic heterocycles. The molecule has 2 amide bonds. The van der Waals surface area contributed by atoms with Gasteiger partial charge < -0.3 is 9.47 Å². The molecular formula is C25H27NO4. The summed E-state index contributed by atoms with van der Waals surface area (Å²) in [6.45, 7) is 9.04. The zero-order valence-corrected chi connectivity index (χ0v) is 18.3. The van der Waals surface area contributed by atoms with Crippen molar-refractivity contribution < 1.29 is 19.1 Å². The molecule has 2 aromatic carbocycles. The first-order valence-electron chi connectivity index (χ1n) is 9.90. The summed E-state index contributed by atoms with van der Waals surface area (Å²) in [5.74, 6) is 6.21. The van der Waals surface area contributed by atoms with Gasteiger partial charge in [0.1, 0.15) is 11.4 Å². The molecule has 156 valence electrons. The molecule has 3 rings (SSSR count). The second-order valence-electron chi connectivity index (χ2n) is 8.56. The predicted molar refractivity (Wildman–Crippen MR) is 117 cm³/mol. The number of methoxy groups -OCH3 is 1. The minimum absolute atomic E-state index is 0.343. The van der Waals surface area contributed by atoms with Crippen molar-refractivity contribution >= 4 is 17.7 Å². The Kier molecular flexibility index (Phi) is 5.63. The molecule has 30 heavy (non-hydrogen) atoms. The van der Waals surface area contributed by atoms with Crippen molar-refractivity contribution in [2.75, 3.05) is 12.0 Å². The number of carbonyl (C=O) groups is 2. The molecule has 5 heteroatoms. The van der Waals surface area contributed by atoms with E-state index in [9.17, 15) is 9.59 Å². The Hall–Kier alpha value is -3.26. The molecule has 1 heterocycles. The molecule has 0 spiro atoms. The summed E-state index contributed by atoms with van der Waals surface area (Å²) in [7, 11) is 1.55. The van der Waals surface area contributed by atoms with Crippen molar-refractivity contribution in [1.29, 1.82) is 0 Å². The van der Waals surface area contributed by atoms with Crippen LogP contribution in [-0.2, 0) is 14.9 Å². The third-order valence-electron chi connectivity index (χ3n) is 5.30. The number of carbonyl (C=O) groups excluding carboxylic acids is 2. The Morgan fingerprint density at radius 3 is 2.40 bits per heavy atom. The molecule has 0 saturated heterocycles. The van der Waals surface area contributed by atoms with Gasteiger partial charge in [0.2, 0.25) is 5.91 Å². The zero-order chi connectivity index (χ0) is 22.1. The van der Waals surface area contributed by atoms with Crippen LogP contribution in [0.1, 0.15) is 45.7 Å². The van der Waals surface area contributed by atoms with Crippen LogP contribution >= 0.6 is 0 Å². The van der Waals surface area contributed by atoms with Crippen LogP contribution in [0.25, 0.3) is 0 Å². The van der Waals surface area contributed by atoms with Crippen LogP contribution in [0.15, 0.2) is 48.5 Å². The number of nitrogens with zero attached hydrogens (tertiary/aromatic N) is 1. The highest BCUT2D eigenvalue weighted by Crippen LogP contribution is 2.47. The van der Waals surface area contributed by atoms with E-state index >= 15 is 0 Å². The van der Waals surface area contributed by atoms with E-state index in [-0.39, 0.29) is 11.8 Å². The van der Waals surface area contributed by atoms with E-state index in [2.05, 4.69) is 11.8 Å². The van der Waals surface area contributed by atoms with Crippen molar-refractivity contribution in [2.45, 2.75) is 45.6 Å². The summed E-state index contributed by atoms with van der Waals surface area (Å²) in [4.78, 5) is 27.6. The van der Waals surface area contributed by atoms with Crippen molar-refractivity contribution in [1.82, 2.24) is 0 Å². The standard InChI is InChI=1S/C25H27NO4/c1-17(12-13-18-10-8-7-9-11-18)25(5)20-15-14-19(29-6)16-21(20)26(22(25)27)23(28)30-24(2,3)4/h7-11,14-17H,1-6H3/t17-,25+/m0/s1. The molecule has 1 aliphatic rings. The SMILES string of the molecule is COc1ccc2c(c1)N(C(=O)OC(C)(C)C)C(=O)[C@]2(C)[C@@H](C)C#Cc1ccccc1. The molecule has 0 unspecified atom stereocenters. The molecule has 0 N–H and O–H groups in total. The maximum Gasteiger partial charge on any atom is 0.421 e. The number of amides is 2. The minimum Gasteiger partial charge on any atom is -0.497 e. The van der Waals surface area contributed by atoms with Gasteiger partial charge in [0, 0.05) is 17.5 Å². The largest absolute Gasteiger partial charge is 0.497 e. The van der Waals surface area contributed by atoms with E-state index in [0.29, 0.717) is 11.4 Å². The second-order valence-corrected chi connectivity index (χ2v) is 8.56. The number of benzene rings is 2. The minimum atomic E-state index is -1.000. The lowest BCUT2D eigenvalue weighted by Crippen LogP contribution is -2.46. The second kappa shape index (κ2) is 7.87. The fourth-order valence-electron chi connectivity index (χ4n) is 3.48. The van der Waals surface area contributed by atoms with E-state index in [1.807, 2.05) is 50.2 Å². The van der Waals surface area contributed by atoms with Crippen molar-refractivity contribution in [3.63, 3.8) is 0 Å². The van der Waals surface area contributed by atoms with Crippen LogP contribution in [0.4, 0.5) is 10.5 Å². The molecule has 0 aliphatic carbocycles. The fourth-order valence-corrected chi connectivity index (χ4v) is 3.48. The van der Waals surface area contributed by atoms with E-state index in [0.717, 1.165) is 16.0 Å². The lowest BCUT2D eigenvalue weighted by molar-refractivity contribution is -0.123. The molecule has 0 aromatic heterocycles. The maximum atomic E-state index is 13.6. The van der Waals surface area contributed by atoms with Gasteiger partial charge in [-0.3, -0.25) is 4.79 Å². The van der Waals surface area contributed by atoms with E-state index in [1.165, 1.54) is 0 Å². The quantitative estimate of drug-likeness (QED) is 0.666. The van der Waals surface area contributed by atoms with Crippen LogP contribution in [-0.4, -0.2) is 24.7 Å². The van der Waals surface area contributed by atoms with Crippen molar-refractivity contribution in [2.24, 2.45) is 5.92 Å². The highest BCUT2D eigenvalue weighted by molar-refractivity contribution is 6.21. The molecule has 0 radical (unpaired) electrons. The van der Waals surface area contributed by atoms with Gasteiger partial charge in [-0.25, -0.2) is 9.69 Å². The monoisotopic (exact) mass is 405 g/mol. The lowest BCUT2D eigenvalue weighted by Gasteiger charge is -2.28. The third-order valence-corrected chi connectivity index (χ3v) is 5.30.